The fraction of sp³-hybridized carbons (Fsp3) is 0.562. The molecule has 20 heavy (non-hydrogen) atoms. The van der Waals surface area contributed by atoms with Gasteiger partial charge in [0.25, 0.3) is 0 Å². The van der Waals surface area contributed by atoms with Gasteiger partial charge in [-0.15, -0.1) is 0 Å². The molecule has 1 unspecified atom stereocenters. The number of benzene rings is 1. The molecule has 110 valence electrons. The van der Waals surface area contributed by atoms with Crippen LogP contribution in [0.15, 0.2) is 24.3 Å². The van der Waals surface area contributed by atoms with Crippen LogP contribution in [-0.2, 0) is 11.2 Å². The lowest BCUT2D eigenvalue weighted by Crippen LogP contribution is -2.40. The van der Waals surface area contributed by atoms with E-state index in [1.54, 1.807) is 4.90 Å². The van der Waals surface area contributed by atoms with Crippen molar-refractivity contribution in [3.05, 3.63) is 29.8 Å². The lowest BCUT2D eigenvalue weighted by molar-refractivity contribution is 0.164. The number of nitrogens with one attached hydrogen (secondary N) is 1. The average molecular weight is 276 g/mol. The third kappa shape index (κ3) is 3.97. The van der Waals surface area contributed by atoms with Crippen LogP contribution < -0.4 is 5.32 Å². The highest BCUT2D eigenvalue weighted by Crippen LogP contribution is 2.15. The maximum absolute atomic E-state index is 12.1. The van der Waals surface area contributed by atoms with Crippen molar-refractivity contribution in [2.24, 2.45) is 5.92 Å². The Morgan fingerprint density at radius 3 is 2.65 bits per heavy atom. The first-order chi connectivity index (χ1) is 9.56. The summed E-state index contributed by atoms with van der Waals surface area (Å²) in [7, 11) is 1.82. The van der Waals surface area contributed by atoms with Crippen LogP contribution in [0.2, 0.25) is 0 Å². The number of hydrogen-bond donors (Lipinski definition) is 1. The van der Waals surface area contributed by atoms with Crippen LogP contribution in [0.5, 0.6) is 0 Å². The first kappa shape index (κ1) is 14.9. The number of rotatable bonds is 4. The molecule has 2 rings (SSSR count). The number of nitrogens with zero attached hydrogens (tertiary/aromatic N) is 1. The monoisotopic (exact) mass is 276 g/mol. The van der Waals surface area contributed by atoms with Gasteiger partial charge in [-0.2, -0.15) is 0 Å². The summed E-state index contributed by atoms with van der Waals surface area (Å²) in [5.41, 5.74) is 2.14. The Kier molecular flexibility index (Phi) is 5.01. The van der Waals surface area contributed by atoms with Crippen molar-refractivity contribution < 1.29 is 9.53 Å². The molecule has 2 amide bonds. The second-order valence-electron chi connectivity index (χ2n) is 5.85. The van der Waals surface area contributed by atoms with Crippen LogP contribution in [0.25, 0.3) is 0 Å². The van der Waals surface area contributed by atoms with Crippen molar-refractivity contribution in [2.75, 3.05) is 25.6 Å². The quantitative estimate of drug-likeness (QED) is 0.918. The van der Waals surface area contributed by atoms with Crippen molar-refractivity contribution in [1.29, 1.82) is 0 Å². The molecule has 0 saturated carbocycles. The second-order valence-corrected chi connectivity index (χ2v) is 5.85. The molecule has 1 aromatic rings. The minimum Gasteiger partial charge on any atom is -0.379 e. The summed E-state index contributed by atoms with van der Waals surface area (Å²) in [6.07, 6.45) is 1.98. The van der Waals surface area contributed by atoms with Gasteiger partial charge in [-0.05, 0) is 36.5 Å². The maximum atomic E-state index is 12.1. The highest BCUT2D eigenvalue weighted by Gasteiger charge is 2.23. The van der Waals surface area contributed by atoms with E-state index in [0.717, 1.165) is 25.1 Å². The van der Waals surface area contributed by atoms with Gasteiger partial charge < -0.3 is 15.0 Å². The van der Waals surface area contributed by atoms with E-state index in [4.69, 9.17) is 4.74 Å². The number of carbonyl (C=O) groups excluding carboxylic acids is 1. The number of carbonyl (C=O) groups is 1. The average Bonchev–Trinajstić information content (AvgIpc) is 2.93. The van der Waals surface area contributed by atoms with E-state index in [9.17, 15) is 4.79 Å². The Hall–Kier alpha value is -1.55. The first-order valence-corrected chi connectivity index (χ1v) is 7.26. The van der Waals surface area contributed by atoms with Crippen molar-refractivity contribution >= 4 is 11.7 Å². The number of likely N-dealkylation sites (N-methyl/N-ethyl adjacent to an activating group) is 1. The van der Waals surface area contributed by atoms with Crippen LogP contribution in [0.3, 0.4) is 0 Å². The molecular weight excluding hydrogens is 252 g/mol. The van der Waals surface area contributed by atoms with E-state index in [2.05, 4.69) is 31.3 Å². The summed E-state index contributed by atoms with van der Waals surface area (Å²) in [5, 5.41) is 2.93. The maximum Gasteiger partial charge on any atom is 0.321 e. The summed E-state index contributed by atoms with van der Waals surface area (Å²) >= 11 is 0. The second kappa shape index (κ2) is 6.75. The Bertz CT molecular complexity index is 436. The van der Waals surface area contributed by atoms with E-state index in [1.807, 2.05) is 19.2 Å². The molecule has 0 aliphatic carbocycles. The lowest BCUT2D eigenvalue weighted by atomic mass is 10.0. The lowest BCUT2D eigenvalue weighted by Gasteiger charge is -2.23. The van der Waals surface area contributed by atoms with Gasteiger partial charge in [-0.25, -0.2) is 4.79 Å². The van der Waals surface area contributed by atoms with Crippen molar-refractivity contribution in [3.63, 3.8) is 0 Å². The van der Waals surface area contributed by atoms with Gasteiger partial charge in [0.2, 0.25) is 0 Å². The van der Waals surface area contributed by atoms with Gasteiger partial charge in [0.1, 0.15) is 0 Å². The van der Waals surface area contributed by atoms with Crippen LogP contribution in [0.4, 0.5) is 10.5 Å². The molecule has 0 spiro atoms. The Morgan fingerprint density at radius 1 is 1.40 bits per heavy atom. The van der Waals surface area contributed by atoms with Gasteiger partial charge in [-0.3, -0.25) is 0 Å². The van der Waals surface area contributed by atoms with Crippen LogP contribution >= 0.6 is 0 Å². The molecule has 1 aliphatic heterocycles. The molecule has 0 aromatic heterocycles. The first-order valence-electron chi connectivity index (χ1n) is 7.26. The number of urea groups is 1. The van der Waals surface area contributed by atoms with Crippen molar-refractivity contribution in [3.8, 4) is 0 Å². The van der Waals surface area contributed by atoms with E-state index >= 15 is 0 Å². The summed E-state index contributed by atoms with van der Waals surface area (Å²) in [6, 6.07) is 8.21. The zero-order valence-electron chi connectivity index (χ0n) is 12.6. The van der Waals surface area contributed by atoms with Crippen molar-refractivity contribution in [2.45, 2.75) is 32.7 Å². The topological polar surface area (TPSA) is 41.6 Å². The molecule has 1 N–H and O–H groups in total. The summed E-state index contributed by atoms with van der Waals surface area (Å²) < 4.78 is 5.31. The third-order valence-corrected chi connectivity index (χ3v) is 3.62. The predicted octanol–water partition coefficient (Wildman–Crippen LogP) is 3.14. The van der Waals surface area contributed by atoms with E-state index < -0.39 is 0 Å². The summed E-state index contributed by atoms with van der Waals surface area (Å²) in [5.74, 6) is 0.643. The summed E-state index contributed by atoms with van der Waals surface area (Å²) in [6.45, 7) is 5.78. The largest absolute Gasteiger partial charge is 0.379 e. The number of amides is 2. The van der Waals surface area contributed by atoms with Crippen LogP contribution in [-0.4, -0.2) is 37.2 Å². The molecule has 1 aliphatic rings. The summed E-state index contributed by atoms with van der Waals surface area (Å²) in [4.78, 5) is 13.9. The van der Waals surface area contributed by atoms with Gasteiger partial charge in [-0.1, -0.05) is 26.0 Å². The molecule has 1 atom stereocenters. The fourth-order valence-electron chi connectivity index (χ4n) is 2.40. The van der Waals surface area contributed by atoms with Gasteiger partial charge in [0, 0.05) is 19.3 Å². The molecule has 0 radical (unpaired) electrons. The Balaban J connectivity index is 1.90. The predicted molar refractivity (Wildman–Crippen MR) is 81.0 cm³/mol. The Labute approximate surface area is 121 Å². The highest BCUT2D eigenvalue weighted by molar-refractivity contribution is 5.89. The molecule has 4 nitrogen and oxygen atoms in total. The highest BCUT2D eigenvalue weighted by atomic mass is 16.5. The van der Waals surface area contributed by atoms with Crippen molar-refractivity contribution in [1.82, 2.24) is 4.90 Å². The Morgan fingerprint density at radius 2 is 2.10 bits per heavy atom. The van der Waals surface area contributed by atoms with Crippen LogP contribution in [0.1, 0.15) is 25.8 Å². The van der Waals surface area contributed by atoms with E-state index in [-0.39, 0.29) is 12.1 Å². The van der Waals surface area contributed by atoms with Gasteiger partial charge in [0.15, 0.2) is 0 Å². The van der Waals surface area contributed by atoms with E-state index in [0.29, 0.717) is 12.5 Å². The zero-order chi connectivity index (χ0) is 14.5. The third-order valence-electron chi connectivity index (χ3n) is 3.62. The zero-order valence-corrected chi connectivity index (χ0v) is 12.6. The fourth-order valence-corrected chi connectivity index (χ4v) is 2.40. The SMILES string of the molecule is CC(C)Cc1ccc(NC(=O)N(C)C2CCOC2)cc1. The number of anilines is 1. The molecule has 0 bridgehead atoms. The van der Waals surface area contributed by atoms with E-state index in [1.165, 1.54) is 5.56 Å². The molecule has 1 fully saturated rings. The normalized spacial score (nSPS) is 18.3. The van der Waals surface area contributed by atoms with Gasteiger partial charge >= 0.3 is 6.03 Å². The number of hydrogen-bond acceptors (Lipinski definition) is 2. The standard InChI is InChI=1S/C16H24N2O2/c1-12(2)10-13-4-6-14(7-5-13)17-16(19)18(3)15-8-9-20-11-15/h4-7,12,15H,8-11H2,1-3H3,(H,17,19). The molecular formula is C16H24N2O2. The number of ether oxygens (including phenoxy) is 1. The minimum atomic E-state index is -0.0721. The minimum absolute atomic E-state index is 0.0721. The smallest absolute Gasteiger partial charge is 0.321 e. The molecule has 1 aromatic carbocycles. The molecule has 1 heterocycles. The van der Waals surface area contributed by atoms with Gasteiger partial charge in [0.05, 0.1) is 12.6 Å². The molecule has 4 heteroatoms. The van der Waals surface area contributed by atoms with Crippen LogP contribution in [0, 0.1) is 5.92 Å². The molecule has 1 saturated heterocycles.